The number of nitrogens with zero attached hydrogens (tertiary/aromatic N) is 3. The van der Waals surface area contributed by atoms with Crippen LogP contribution < -0.4 is 9.63 Å². The summed E-state index contributed by atoms with van der Waals surface area (Å²) in [5, 5.41) is 7.50. The summed E-state index contributed by atoms with van der Waals surface area (Å²) in [6.45, 7) is 0. The molecule has 7 nitrogen and oxygen atoms in total. The molecule has 0 heterocycles. The van der Waals surface area contributed by atoms with E-state index in [0.717, 1.165) is 17.7 Å². The van der Waals surface area contributed by atoms with E-state index in [1.165, 1.54) is 12.1 Å². The van der Waals surface area contributed by atoms with E-state index in [-0.39, 0.29) is 11.4 Å². The molecule has 0 unspecified atom stereocenters. The highest BCUT2D eigenvalue weighted by Crippen LogP contribution is 2.18. The van der Waals surface area contributed by atoms with Gasteiger partial charge >= 0.3 is 5.91 Å². The number of hydrogen-bond acceptors (Lipinski definition) is 4. The molecule has 0 atom stereocenters. The average Bonchev–Trinajstić information content (AvgIpc) is 2.74. The summed E-state index contributed by atoms with van der Waals surface area (Å²) in [5.41, 5.74) is 0.837. The molecular formula is C21H17ClFN4O3S+. The Kier molecular flexibility index (Phi) is 7.25. The van der Waals surface area contributed by atoms with Gasteiger partial charge in [-0.1, -0.05) is 48.0 Å². The first-order chi connectivity index (χ1) is 14.8. The summed E-state index contributed by atoms with van der Waals surface area (Å²) in [6, 6.07) is 18.8. The predicted molar refractivity (Wildman–Crippen MR) is 116 cm³/mol. The molecule has 0 bridgehead atoms. The van der Waals surface area contributed by atoms with Gasteiger partial charge in [-0.25, -0.2) is 12.8 Å². The van der Waals surface area contributed by atoms with Gasteiger partial charge in [-0.05, 0) is 48.4 Å². The number of amides is 1. The van der Waals surface area contributed by atoms with Gasteiger partial charge in [0.15, 0.2) is 10.8 Å². The van der Waals surface area contributed by atoms with Crippen molar-refractivity contribution in [2.45, 2.75) is 6.42 Å². The number of aryl methyl sites for hydroxylation is 1. The minimum Gasteiger partial charge on any atom is -0.284 e. The maximum atomic E-state index is 14.1. The van der Waals surface area contributed by atoms with Gasteiger partial charge in [0.1, 0.15) is 5.82 Å². The zero-order chi connectivity index (χ0) is 22.3. The normalized spacial score (nSPS) is 10.8. The Morgan fingerprint density at radius 1 is 1.03 bits per heavy atom. The van der Waals surface area contributed by atoms with E-state index in [4.69, 9.17) is 11.6 Å². The van der Waals surface area contributed by atoms with Gasteiger partial charge < -0.3 is 0 Å². The minimum absolute atomic E-state index is 0.0415. The summed E-state index contributed by atoms with van der Waals surface area (Å²) in [4.78, 5) is 15.6. The highest BCUT2D eigenvalue weighted by atomic mass is 35.5. The van der Waals surface area contributed by atoms with Crippen LogP contribution in [0.4, 0.5) is 15.8 Å². The van der Waals surface area contributed by atoms with Crippen LogP contribution in [-0.4, -0.2) is 20.1 Å². The number of carbonyl (C=O) groups excluding carboxylic acids is 1. The summed E-state index contributed by atoms with van der Waals surface area (Å²) in [7, 11) is -3.71. The van der Waals surface area contributed by atoms with Crippen LogP contribution in [0, 0.1) is 5.82 Å². The van der Waals surface area contributed by atoms with Crippen molar-refractivity contribution in [1.29, 1.82) is 0 Å². The number of hydrogen-bond donors (Lipinski definition) is 1. The molecule has 31 heavy (non-hydrogen) atoms. The number of rotatable bonds is 7. The highest BCUT2D eigenvalue weighted by Gasteiger charge is 2.18. The standard InChI is InChI=1S/C21H17ClFN4O3S/c22-16-7-4-8-17(13-16)24-27-25-21(28)19-14-18(9-10-20(19)23)26-31(29,30)12-11-15-5-2-1-3-6-15/h1-10,13-14,26H,11-12H2/q+1. The van der Waals surface area contributed by atoms with Crippen LogP contribution in [0.2, 0.25) is 5.02 Å². The number of benzene rings is 3. The molecule has 3 rings (SSSR count). The second-order valence-electron chi connectivity index (χ2n) is 6.43. The molecule has 0 spiro atoms. The van der Waals surface area contributed by atoms with Crippen molar-refractivity contribution in [3.63, 3.8) is 0 Å². The van der Waals surface area contributed by atoms with Crippen molar-refractivity contribution >= 4 is 38.9 Å². The summed E-state index contributed by atoms with van der Waals surface area (Å²) < 4.78 is 41.1. The van der Waals surface area contributed by atoms with E-state index in [9.17, 15) is 17.6 Å². The smallest absolute Gasteiger partial charge is 0.284 e. The number of carbonyl (C=O) groups is 1. The second kappa shape index (κ2) is 10.1. The number of anilines is 1. The lowest BCUT2D eigenvalue weighted by atomic mass is 10.2. The fourth-order valence-electron chi connectivity index (χ4n) is 2.59. The molecule has 0 fully saturated rings. The van der Waals surface area contributed by atoms with Gasteiger partial charge in [-0.2, -0.15) is 0 Å². The largest absolute Gasteiger partial charge is 0.363 e. The van der Waals surface area contributed by atoms with E-state index in [0.29, 0.717) is 17.1 Å². The van der Waals surface area contributed by atoms with Crippen LogP contribution in [-0.2, 0) is 16.4 Å². The Labute approximate surface area is 183 Å². The van der Waals surface area contributed by atoms with Gasteiger partial charge in [-0.15, -0.1) is 0 Å². The molecule has 1 N–H and O–H groups in total. The van der Waals surface area contributed by atoms with Crippen LogP contribution in [0.3, 0.4) is 0 Å². The zero-order valence-electron chi connectivity index (χ0n) is 16.1. The Morgan fingerprint density at radius 3 is 2.55 bits per heavy atom. The lowest BCUT2D eigenvalue weighted by Crippen LogP contribution is -2.18. The molecule has 0 aliphatic carbocycles. The van der Waals surface area contributed by atoms with Crippen LogP contribution in [0.5, 0.6) is 0 Å². The monoisotopic (exact) mass is 459 g/mol. The fraction of sp³-hybridized carbons (Fsp3) is 0.0952. The van der Waals surface area contributed by atoms with Gasteiger partial charge in [0.25, 0.3) is 0 Å². The molecule has 3 aromatic carbocycles. The number of nitrogens with one attached hydrogen (secondary N) is 1. The van der Waals surface area contributed by atoms with Gasteiger partial charge in [0, 0.05) is 10.7 Å². The van der Waals surface area contributed by atoms with E-state index >= 15 is 0 Å². The maximum absolute atomic E-state index is 14.1. The molecule has 0 aliphatic heterocycles. The predicted octanol–water partition coefficient (Wildman–Crippen LogP) is 4.91. The molecule has 0 aromatic heterocycles. The van der Waals surface area contributed by atoms with Crippen molar-refractivity contribution in [2.24, 2.45) is 10.2 Å². The first-order valence-corrected chi connectivity index (χ1v) is 11.1. The summed E-state index contributed by atoms with van der Waals surface area (Å²) >= 11 is 5.83. The molecule has 3 aromatic rings. The summed E-state index contributed by atoms with van der Waals surface area (Å²) in [5.74, 6) is -2.04. The molecular weight excluding hydrogens is 443 g/mol. The Hall–Kier alpha value is -3.39. The van der Waals surface area contributed by atoms with Crippen LogP contribution in [0.25, 0.3) is 0 Å². The van der Waals surface area contributed by atoms with E-state index < -0.39 is 27.3 Å². The van der Waals surface area contributed by atoms with Crippen LogP contribution in [0.15, 0.2) is 83.0 Å². The van der Waals surface area contributed by atoms with Crippen molar-refractivity contribution < 1.29 is 17.6 Å². The van der Waals surface area contributed by atoms with Crippen molar-refractivity contribution in [2.75, 3.05) is 10.5 Å². The highest BCUT2D eigenvalue weighted by molar-refractivity contribution is 7.92. The van der Waals surface area contributed by atoms with Crippen molar-refractivity contribution in [1.82, 2.24) is 4.91 Å². The molecule has 0 radical (unpaired) electrons. The summed E-state index contributed by atoms with van der Waals surface area (Å²) in [6.07, 6.45) is 0.308. The van der Waals surface area contributed by atoms with Gasteiger partial charge in [0.2, 0.25) is 20.0 Å². The second-order valence-corrected chi connectivity index (χ2v) is 8.70. The number of halogens is 2. The molecule has 1 amide bonds. The topological polar surface area (TPSA) is 102 Å². The molecule has 0 saturated heterocycles. The molecule has 10 heteroatoms. The first-order valence-electron chi connectivity index (χ1n) is 9.08. The Balaban J connectivity index is 1.71. The van der Waals surface area contributed by atoms with Crippen molar-refractivity contribution in [3.05, 3.63) is 94.8 Å². The lowest BCUT2D eigenvalue weighted by Gasteiger charge is -2.09. The van der Waals surface area contributed by atoms with Crippen LogP contribution in [0.1, 0.15) is 15.9 Å². The third-order valence-corrected chi connectivity index (χ3v) is 5.60. The first kappa shape index (κ1) is 22.3. The van der Waals surface area contributed by atoms with E-state index in [1.807, 2.05) is 30.3 Å². The third kappa shape index (κ3) is 6.82. The third-order valence-electron chi connectivity index (χ3n) is 4.08. The lowest BCUT2D eigenvalue weighted by molar-refractivity contribution is 0.0989. The quantitative estimate of drug-likeness (QED) is 0.401. The maximum Gasteiger partial charge on any atom is 0.363 e. The zero-order valence-corrected chi connectivity index (χ0v) is 17.6. The minimum atomic E-state index is -3.71. The Morgan fingerprint density at radius 2 is 1.81 bits per heavy atom. The van der Waals surface area contributed by atoms with Crippen molar-refractivity contribution in [3.8, 4) is 0 Å². The van der Waals surface area contributed by atoms with Gasteiger partial charge in [0.05, 0.1) is 11.3 Å². The fourth-order valence-corrected chi connectivity index (χ4v) is 3.86. The van der Waals surface area contributed by atoms with E-state index in [2.05, 4.69) is 19.9 Å². The average molecular weight is 460 g/mol. The van der Waals surface area contributed by atoms with Gasteiger partial charge in [-0.3, -0.25) is 9.52 Å². The molecule has 0 aliphatic rings. The molecule has 0 saturated carbocycles. The van der Waals surface area contributed by atoms with Crippen LogP contribution >= 0.6 is 11.6 Å². The Bertz CT molecular complexity index is 1260. The van der Waals surface area contributed by atoms with E-state index in [1.54, 1.807) is 18.2 Å². The SMILES string of the molecule is O=C(N=[N+]=Nc1cccc(Cl)c1)c1cc(NS(=O)(=O)CCc2ccccc2)ccc1F. The number of sulfonamides is 1. The molecule has 158 valence electrons.